The number of esters is 1. The third-order valence-corrected chi connectivity index (χ3v) is 4.51. The van der Waals surface area contributed by atoms with Gasteiger partial charge in [0.1, 0.15) is 12.4 Å². The second-order valence-corrected chi connectivity index (χ2v) is 6.66. The SMILES string of the molecule is COC(=O)CCc1cc(Cl)c(OCc2ccc(F)cc2Cl)c(Br)c1. The molecule has 0 aliphatic rings. The third kappa shape index (κ3) is 5.10. The molecule has 0 N–H and O–H groups in total. The van der Waals surface area contributed by atoms with E-state index in [0.29, 0.717) is 27.2 Å². The van der Waals surface area contributed by atoms with Crippen LogP contribution < -0.4 is 4.74 Å². The van der Waals surface area contributed by atoms with Gasteiger partial charge < -0.3 is 9.47 Å². The summed E-state index contributed by atoms with van der Waals surface area (Å²) in [5.41, 5.74) is 1.53. The van der Waals surface area contributed by atoms with E-state index in [4.69, 9.17) is 27.9 Å². The average Bonchev–Trinajstić information content (AvgIpc) is 2.53. The van der Waals surface area contributed by atoms with E-state index < -0.39 is 5.82 Å². The van der Waals surface area contributed by atoms with Gasteiger partial charge in [0.25, 0.3) is 0 Å². The summed E-state index contributed by atoms with van der Waals surface area (Å²) in [4.78, 5) is 11.2. The number of halogens is 4. The van der Waals surface area contributed by atoms with Gasteiger partial charge in [-0.15, -0.1) is 0 Å². The van der Waals surface area contributed by atoms with E-state index >= 15 is 0 Å². The van der Waals surface area contributed by atoms with Crippen LogP contribution in [0.4, 0.5) is 4.39 Å². The quantitative estimate of drug-likeness (QED) is 0.555. The number of hydrogen-bond donors (Lipinski definition) is 0. The summed E-state index contributed by atoms with van der Waals surface area (Å²) >= 11 is 15.6. The molecule has 0 amide bonds. The number of carbonyl (C=O) groups excluding carboxylic acids is 1. The highest BCUT2D eigenvalue weighted by Gasteiger charge is 2.12. The van der Waals surface area contributed by atoms with Crippen LogP contribution in [0.25, 0.3) is 0 Å². The van der Waals surface area contributed by atoms with Crippen LogP contribution in [0.5, 0.6) is 5.75 Å². The molecule has 0 aromatic heterocycles. The molecule has 0 heterocycles. The summed E-state index contributed by atoms with van der Waals surface area (Å²) in [5.74, 6) is -0.231. The highest BCUT2D eigenvalue weighted by Crippen LogP contribution is 2.35. The molecule has 0 radical (unpaired) electrons. The second kappa shape index (κ2) is 8.70. The Morgan fingerprint density at radius 1 is 1.21 bits per heavy atom. The van der Waals surface area contributed by atoms with Crippen LogP contribution in [0.3, 0.4) is 0 Å². The minimum atomic E-state index is -0.405. The van der Waals surface area contributed by atoms with Crippen LogP contribution in [-0.2, 0) is 22.6 Å². The third-order valence-electron chi connectivity index (χ3n) is 3.29. The second-order valence-electron chi connectivity index (χ2n) is 4.99. The molecule has 0 aliphatic heterocycles. The smallest absolute Gasteiger partial charge is 0.305 e. The Morgan fingerprint density at radius 3 is 2.58 bits per heavy atom. The lowest BCUT2D eigenvalue weighted by molar-refractivity contribution is -0.140. The van der Waals surface area contributed by atoms with Crippen molar-refractivity contribution in [2.24, 2.45) is 0 Å². The molecule has 7 heteroatoms. The summed E-state index contributed by atoms with van der Waals surface area (Å²) in [6.45, 7) is 0.152. The van der Waals surface area contributed by atoms with Crippen molar-refractivity contribution in [2.45, 2.75) is 19.4 Å². The fourth-order valence-corrected chi connectivity index (χ4v) is 3.29. The summed E-state index contributed by atoms with van der Waals surface area (Å²) in [6.07, 6.45) is 0.778. The fraction of sp³-hybridized carbons (Fsp3) is 0.235. The van der Waals surface area contributed by atoms with Crippen LogP contribution in [-0.4, -0.2) is 13.1 Å². The molecule has 0 spiro atoms. The molecule has 128 valence electrons. The Hall–Kier alpha value is -1.30. The molecule has 0 saturated carbocycles. The van der Waals surface area contributed by atoms with Gasteiger partial charge in [0.05, 0.1) is 21.6 Å². The van der Waals surface area contributed by atoms with Crippen molar-refractivity contribution < 1.29 is 18.7 Å². The first-order valence-corrected chi connectivity index (χ1v) is 8.57. The van der Waals surface area contributed by atoms with E-state index in [1.807, 2.05) is 6.07 Å². The maximum Gasteiger partial charge on any atom is 0.305 e. The minimum Gasteiger partial charge on any atom is -0.486 e. The number of methoxy groups -OCH3 is 1. The van der Waals surface area contributed by atoms with E-state index in [9.17, 15) is 9.18 Å². The van der Waals surface area contributed by atoms with E-state index in [-0.39, 0.29) is 24.0 Å². The molecule has 2 rings (SSSR count). The zero-order valence-electron chi connectivity index (χ0n) is 12.7. The fourth-order valence-electron chi connectivity index (χ4n) is 2.03. The highest BCUT2D eigenvalue weighted by atomic mass is 79.9. The van der Waals surface area contributed by atoms with E-state index in [2.05, 4.69) is 20.7 Å². The van der Waals surface area contributed by atoms with Crippen LogP contribution in [0.1, 0.15) is 17.5 Å². The van der Waals surface area contributed by atoms with Gasteiger partial charge in [-0.3, -0.25) is 4.79 Å². The van der Waals surface area contributed by atoms with Gasteiger partial charge in [-0.25, -0.2) is 4.39 Å². The standard InChI is InChI=1S/C17H14BrCl2FO3/c1-23-16(22)5-2-10-6-13(18)17(15(20)7-10)24-9-11-3-4-12(21)8-14(11)19/h3-4,6-8H,2,5,9H2,1H3. The average molecular weight is 436 g/mol. The van der Waals surface area contributed by atoms with Crippen molar-refractivity contribution in [1.82, 2.24) is 0 Å². The highest BCUT2D eigenvalue weighted by molar-refractivity contribution is 9.10. The number of carbonyl (C=O) groups is 1. The molecule has 0 fully saturated rings. The van der Waals surface area contributed by atoms with Crippen molar-refractivity contribution in [2.75, 3.05) is 7.11 Å². The largest absolute Gasteiger partial charge is 0.486 e. The maximum atomic E-state index is 13.1. The number of hydrogen-bond acceptors (Lipinski definition) is 3. The Labute approximate surface area is 157 Å². The Bertz CT molecular complexity index is 730. The first kappa shape index (κ1) is 19.0. The molecule has 24 heavy (non-hydrogen) atoms. The van der Waals surface area contributed by atoms with Crippen molar-refractivity contribution in [3.8, 4) is 5.75 Å². The van der Waals surface area contributed by atoms with E-state index in [1.165, 1.54) is 19.2 Å². The molecule has 0 unspecified atom stereocenters. The van der Waals surface area contributed by atoms with Gasteiger partial charge in [-0.05, 0) is 52.2 Å². The molecule has 3 nitrogen and oxygen atoms in total. The summed E-state index contributed by atoms with van der Waals surface area (Å²) in [5, 5.41) is 0.694. The van der Waals surface area contributed by atoms with Crippen molar-refractivity contribution >= 4 is 45.1 Å². The molecule has 0 aliphatic carbocycles. The Kier molecular flexibility index (Phi) is 6.90. The Balaban J connectivity index is 2.09. The predicted molar refractivity (Wildman–Crippen MR) is 95.2 cm³/mol. The summed E-state index contributed by atoms with van der Waals surface area (Å²) in [7, 11) is 1.35. The van der Waals surface area contributed by atoms with Crippen molar-refractivity contribution in [1.29, 1.82) is 0 Å². The van der Waals surface area contributed by atoms with Gasteiger partial charge in [0.15, 0.2) is 5.75 Å². The van der Waals surface area contributed by atoms with Gasteiger partial charge >= 0.3 is 5.97 Å². The number of rotatable bonds is 6. The molecule has 2 aromatic carbocycles. The van der Waals surface area contributed by atoms with E-state index in [0.717, 1.165) is 5.56 Å². The van der Waals surface area contributed by atoms with Gasteiger partial charge in [0.2, 0.25) is 0 Å². The first-order chi connectivity index (χ1) is 11.4. The molecular weight excluding hydrogens is 422 g/mol. The van der Waals surface area contributed by atoms with Crippen molar-refractivity contribution in [3.63, 3.8) is 0 Å². The van der Waals surface area contributed by atoms with Crippen LogP contribution in [0.2, 0.25) is 10.0 Å². The lowest BCUT2D eigenvalue weighted by atomic mass is 10.1. The zero-order chi connectivity index (χ0) is 17.7. The van der Waals surface area contributed by atoms with Gasteiger partial charge in [-0.2, -0.15) is 0 Å². The number of aryl methyl sites for hydroxylation is 1. The first-order valence-electron chi connectivity index (χ1n) is 7.02. The van der Waals surface area contributed by atoms with Crippen LogP contribution in [0.15, 0.2) is 34.8 Å². The molecule has 0 bridgehead atoms. The van der Waals surface area contributed by atoms with Crippen LogP contribution >= 0.6 is 39.1 Å². The summed E-state index contributed by atoms with van der Waals surface area (Å²) in [6, 6.07) is 7.67. The van der Waals surface area contributed by atoms with Crippen molar-refractivity contribution in [3.05, 3.63) is 61.8 Å². The molecular formula is C17H14BrCl2FO3. The summed E-state index contributed by atoms with van der Waals surface area (Å²) < 4.78 is 24.0. The zero-order valence-corrected chi connectivity index (χ0v) is 15.8. The lowest BCUT2D eigenvalue weighted by Gasteiger charge is -2.13. The lowest BCUT2D eigenvalue weighted by Crippen LogP contribution is -2.02. The Morgan fingerprint density at radius 2 is 1.96 bits per heavy atom. The number of ether oxygens (including phenoxy) is 2. The monoisotopic (exact) mass is 434 g/mol. The predicted octanol–water partition coefficient (Wildman–Crippen LogP) is 5.58. The molecule has 0 saturated heterocycles. The minimum absolute atomic E-state index is 0.152. The number of benzene rings is 2. The molecule has 0 atom stereocenters. The maximum absolute atomic E-state index is 13.1. The van der Waals surface area contributed by atoms with Gasteiger partial charge in [-0.1, -0.05) is 29.3 Å². The van der Waals surface area contributed by atoms with Crippen LogP contribution in [0, 0.1) is 5.82 Å². The van der Waals surface area contributed by atoms with Gasteiger partial charge in [0, 0.05) is 12.0 Å². The normalized spacial score (nSPS) is 10.5. The van der Waals surface area contributed by atoms with E-state index in [1.54, 1.807) is 12.1 Å². The molecule has 2 aromatic rings. The topological polar surface area (TPSA) is 35.5 Å².